The Morgan fingerprint density at radius 1 is 1.63 bits per heavy atom. The molecule has 0 radical (unpaired) electrons. The molecule has 0 bridgehead atoms. The second-order valence-electron chi connectivity index (χ2n) is 4.50. The minimum Gasteiger partial charge on any atom is -0.544 e. The molecule has 0 aliphatic carbocycles. The van der Waals surface area contributed by atoms with Crippen molar-refractivity contribution in [3.63, 3.8) is 0 Å². The molecule has 0 aromatic rings. The lowest BCUT2D eigenvalue weighted by Gasteiger charge is -2.45. The Kier molecular flexibility index (Phi) is 5.21. The first-order chi connectivity index (χ1) is 8.79. The van der Waals surface area contributed by atoms with E-state index in [0.717, 1.165) is 7.11 Å². The van der Waals surface area contributed by atoms with Gasteiger partial charge >= 0.3 is 0 Å². The molecule has 0 spiro atoms. The van der Waals surface area contributed by atoms with Crippen molar-refractivity contribution in [2.45, 2.75) is 42.7 Å². The summed E-state index contributed by atoms with van der Waals surface area (Å²) in [5, 5.41) is 48.8. The van der Waals surface area contributed by atoms with Gasteiger partial charge in [0.25, 0.3) is 0 Å². The van der Waals surface area contributed by atoms with Crippen LogP contribution in [0.2, 0.25) is 0 Å². The number of ether oxygens (including phenoxy) is 2. The number of rotatable bonds is 5. The molecule has 1 fully saturated rings. The van der Waals surface area contributed by atoms with Gasteiger partial charge in [0, 0.05) is 13.5 Å². The van der Waals surface area contributed by atoms with E-state index < -0.39 is 55.2 Å². The summed E-state index contributed by atoms with van der Waals surface area (Å²) >= 11 is 0. The molecule has 1 rings (SSSR count). The van der Waals surface area contributed by atoms with Crippen molar-refractivity contribution in [3.05, 3.63) is 0 Å². The number of aliphatic hydroxyl groups excluding tert-OH is 4. The highest BCUT2D eigenvalue weighted by Gasteiger charge is 2.52. The van der Waals surface area contributed by atoms with Crippen LogP contribution in [0.1, 0.15) is 6.42 Å². The van der Waals surface area contributed by atoms with Crippen LogP contribution < -0.4 is 10.8 Å². The number of carboxylic acids is 1. The van der Waals surface area contributed by atoms with E-state index in [1.54, 1.807) is 0 Å². The summed E-state index contributed by atoms with van der Waals surface area (Å²) < 4.78 is 9.85. The highest BCUT2D eigenvalue weighted by Crippen LogP contribution is 2.30. The molecule has 0 saturated carbocycles. The van der Waals surface area contributed by atoms with Crippen molar-refractivity contribution >= 4 is 5.97 Å². The van der Waals surface area contributed by atoms with Gasteiger partial charge in [-0.2, -0.15) is 0 Å². The van der Waals surface area contributed by atoms with Gasteiger partial charge in [0.1, 0.15) is 36.4 Å². The average Bonchev–Trinajstić information content (AvgIpc) is 2.39. The van der Waals surface area contributed by atoms with E-state index in [4.69, 9.17) is 14.6 Å². The Labute approximate surface area is 109 Å². The minimum absolute atomic E-state index is 0.418. The zero-order valence-corrected chi connectivity index (χ0v) is 10.4. The monoisotopic (exact) mass is 281 g/mol. The Morgan fingerprint density at radius 2 is 2.21 bits per heavy atom. The van der Waals surface area contributed by atoms with E-state index in [-0.39, 0.29) is 0 Å². The number of aliphatic carboxylic acids is 1. The standard InChI is InChI=1S/C10H19NO8/c1-18-10(9(16)17)2-4(13)6(11)8(19-10)7(15)5(14)3-12/h4-8,12-15H,2-3,11H2,1H3,(H,16,17)/t4-,5+,6+,7+,8+,10+/m0/s1. The molecule has 7 N–H and O–H groups in total. The number of carbonyl (C=O) groups excluding carboxylic acids is 1. The average molecular weight is 281 g/mol. The third-order valence-corrected chi connectivity index (χ3v) is 3.28. The number of quaternary nitrogens is 1. The second-order valence-corrected chi connectivity index (χ2v) is 4.50. The summed E-state index contributed by atoms with van der Waals surface area (Å²) in [6.45, 7) is -0.755. The Hall–Kier alpha value is -0.810. The van der Waals surface area contributed by atoms with Gasteiger partial charge in [0.2, 0.25) is 5.79 Å². The van der Waals surface area contributed by atoms with Gasteiger partial charge < -0.3 is 45.5 Å². The fourth-order valence-electron chi connectivity index (χ4n) is 2.00. The summed E-state index contributed by atoms with van der Waals surface area (Å²) in [6.07, 6.45) is -6.17. The topological polar surface area (TPSA) is 167 Å². The highest BCUT2D eigenvalue weighted by atomic mass is 16.7. The summed E-state index contributed by atoms with van der Waals surface area (Å²) in [5.41, 5.74) is 3.56. The zero-order valence-electron chi connectivity index (χ0n) is 10.4. The first-order valence-electron chi connectivity index (χ1n) is 5.71. The maximum Gasteiger partial charge on any atom is 0.212 e. The van der Waals surface area contributed by atoms with E-state index in [2.05, 4.69) is 5.73 Å². The van der Waals surface area contributed by atoms with Crippen LogP contribution in [0.3, 0.4) is 0 Å². The van der Waals surface area contributed by atoms with Crippen LogP contribution in [-0.4, -0.2) is 76.4 Å². The second kappa shape index (κ2) is 6.09. The molecule has 9 heteroatoms. The van der Waals surface area contributed by atoms with Crippen LogP contribution in [0, 0.1) is 0 Å². The molecule has 112 valence electrons. The molecule has 0 amide bonds. The van der Waals surface area contributed by atoms with Crippen LogP contribution >= 0.6 is 0 Å². The molecule has 1 heterocycles. The molecule has 6 atom stereocenters. The molecule has 0 unspecified atom stereocenters. The van der Waals surface area contributed by atoms with E-state index in [0.29, 0.717) is 0 Å². The van der Waals surface area contributed by atoms with Crippen molar-refractivity contribution in [1.29, 1.82) is 0 Å². The summed E-state index contributed by atoms with van der Waals surface area (Å²) in [5.74, 6) is -3.94. The van der Waals surface area contributed by atoms with E-state index in [1.165, 1.54) is 0 Å². The first kappa shape index (κ1) is 16.2. The lowest BCUT2D eigenvalue weighted by Crippen LogP contribution is -2.79. The Balaban J connectivity index is 2.99. The summed E-state index contributed by atoms with van der Waals surface area (Å²) in [7, 11) is 1.05. The number of aliphatic hydroxyl groups is 4. The van der Waals surface area contributed by atoms with E-state index in [9.17, 15) is 25.2 Å². The van der Waals surface area contributed by atoms with Crippen molar-refractivity contribution in [1.82, 2.24) is 0 Å². The number of hydrogen-bond acceptors (Lipinski definition) is 8. The van der Waals surface area contributed by atoms with Gasteiger partial charge in [-0.15, -0.1) is 0 Å². The minimum atomic E-state index is -2.23. The van der Waals surface area contributed by atoms with Crippen LogP contribution in [-0.2, 0) is 14.3 Å². The van der Waals surface area contributed by atoms with Crippen molar-refractivity contribution in [3.8, 4) is 0 Å². The molecule has 1 aliphatic rings. The first-order valence-corrected chi connectivity index (χ1v) is 5.71. The van der Waals surface area contributed by atoms with Gasteiger partial charge in [-0.3, -0.25) is 0 Å². The smallest absolute Gasteiger partial charge is 0.212 e. The molecule has 0 aromatic heterocycles. The van der Waals surface area contributed by atoms with Crippen LogP contribution in [0.25, 0.3) is 0 Å². The summed E-state index contributed by atoms with van der Waals surface area (Å²) in [6, 6.07) is -0.904. The fraction of sp³-hybridized carbons (Fsp3) is 0.900. The number of hydrogen-bond donors (Lipinski definition) is 5. The molecule has 9 nitrogen and oxygen atoms in total. The number of methoxy groups -OCH3 is 1. The van der Waals surface area contributed by atoms with Crippen molar-refractivity contribution < 1.29 is 45.5 Å². The lowest BCUT2D eigenvalue weighted by molar-refractivity contribution is -0.494. The van der Waals surface area contributed by atoms with Gasteiger partial charge in [-0.25, -0.2) is 0 Å². The van der Waals surface area contributed by atoms with Crippen molar-refractivity contribution in [2.75, 3.05) is 13.7 Å². The van der Waals surface area contributed by atoms with Gasteiger partial charge in [0.05, 0.1) is 6.61 Å². The molecule has 0 aromatic carbocycles. The van der Waals surface area contributed by atoms with Crippen LogP contribution in [0.4, 0.5) is 0 Å². The lowest BCUT2D eigenvalue weighted by atomic mass is 9.89. The van der Waals surface area contributed by atoms with Gasteiger partial charge in [-0.1, -0.05) is 0 Å². The maximum atomic E-state index is 11.1. The number of carbonyl (C=O) groups is 1. The largest absolute Gasteiger partial charge is 0.544 e. The number of carboxylic acid groups (broad SMARTS) is 1. The quantitative estimate of drug-likeness (QED) is 0.332. The predicted octanol–water partition coefficient (Wildman–Crippen LogP) is -5.45. The molecular formula is C10H19NO8. The normalized spacial score (nSPS) is 38.7. The molecule has 1 saturated heterocycles. The molecule has 19 heavy (non-hydrogen) atoms. The zero-order chi connectivity index (χ0) is 14.8. The van der Waals surface area contributed by atoms with Gasteiger partial charge in [-0.05, 0) is 0 Å². The molecular weight excluding hydrogens is 262 g/mol. The van der Waals surface area contributed by atoms with E-state index >= 15 is 0 Å². The summed E-state index contributed by atoms with van der Waals surface area (Å²) in [4.78, 5) is 11.1. The molecule has 1 aliphatic heterocycles. The Morgan fingerprint density at radius 3 is 2.63 bits per heavy atom. The van der Waals surface area contributed by atoms with Crippen LogP contribution in [0.5, 0.6) is 0 Å². The van der Waals surface area contributed by atoms with E-state index in [1.807, 2.05) is 0 Å². The fourth-order valence-corrected chi connectivity index (χ4v) is 2.00. The van der Waals surface area contributed by atoms with Gasteiger partial charge in [0.15, 0.2) is 0 Å². The maximum absolute atomic E-state index is 11.1. The Bertz CT molecular complexity index is 327. The third-order valence-electron chi connectivity index (χ3n) is 3.28. The highest BCUT2D eigenvalue weighted by molar-refractivity contribution is 5.73. The van der Waals surface area contributed by atoms with Crippen LogP contribution in [0.15, 0.2) is 0 Å². The SMILES string of the molecule is CO[C@]1(C(=O)[O-])C[C@H](O)[C@@H]([NH3+])[C@H]([C@H](O)[C@H](O)CO)O1. The third kappa shape index (κ3) is 3.03. The van der Waals surface area contributed by atoms with Crippen molar-refractivity contribution in [2.24, 2.45) is 0 Å². The predicted molar refractivity (Wildman–Crippen MR) is 56.0 cm³/mol.